The largest absolute Gasteiger partial charge is 0.497 e. The second-order valence-electron chi connectivity index (χ2n) is 10.1. The lowest BCUT2D eigenvalue weighted by Crippen LogP contribution is -2.51. The molecule has 1 aliphatic heterocycles. The first-order chi connectivity index (χ1) is 19.2. The van der Waals surface area contributed by atoms with Crippen molar-refractivity contribution in [2.45, 2.75) is 36.6 Å². The number of amides is 1. The maximum atomic E-state index is 13.7. The van der Waals surface area contributed by atoms with Crippen LogP contribution in [0.2, 0.25) is 0 Å². The molecule has 10 heteroatoms. The minimum atomic E-state index is -4.04. The molecule has 0 spiro atoms. The summed E-state index contributed by atoms with van der Waals surface area (Å²) in [6, 6.07) is 20.0. The third kappa shape index (κ3) is 7.26. The molecule has 3 aromatic carbocycles. The van der Waals surface area contributed by atoms with Crippen LogP contribution in [-0.4, -0.2) is 57.8 Å². The monoisotopic (exact) mass is 563 g/mol. The summed E-state index contributed by atoms with van der Waals surface area (Å²) in [4.78, 5) is 15.5. The van der Waals surface area contributed by atoms with Crippen molar-refractivity contribution in [3.63, 3.8) is 0 Å². The number of nitrogens with two attached hydrogens (primary N) is 2. The average molecular weight is 564 g/mol. The van der Waals surface area contributed by atoms with Crippen LogP contribution < -0.4 is 20.9 Å². The molecule has 9 nitrogen and oxygen atoms in total. The van der Waals surface area contributed by atoms with Gasteiger partial charge in [0.15, 0.2) is 0 Å². The number of benzene rings is 3. The first-order valence-corrected chi connectivity index (χ1v) is 14.9. The predicted molar refractivity (Wildman–Crippen MR) is 157 cm³/mol. The highest BCUT2D eigenvalue weighted by Crippen LogP contribution is 2.26. The van der Waals surface area contributed by atoms with Crippen molar-refractivity contribution >= 4 is 21.8 Å². The standard InChI is InChI=1S/C30H37N5O4S/c1-39-26-11-9-23(10-12-26)25-3-2-4-27(20-25)40(37,38)34-28(19-22-5-7-24(8-6-22)29(32)33)30(36)35-17-14-21(13-16-31)15-18-35/h2-12,20-21,28,34H,13-19,31H2,1H3,(H3,32,33). The Kier molecular flexibility index (Phi) is 9.57. The molecule has 4 rings (SSSR count). The maximum Gasteiger partial charge on any atom is 0.241 e. The summed E-state index contributed by atoms with van der Waals surface area (Å²) in [7, 11) is -2.45. The normalized spacial score (nSPS) is 15.0. The number of carbonyl (C=O) groups is 1. The molecule has 3 aromatic rings. The Bertz CT molecular complexity index is 1420. The summed E-state index contributed by atoms with van der Waals surface area (Å²) in [5, 5.41) is 7.62. The lowest BCUT2D eigenvalue weighted by atomic mass is 9.93. The SMILES string of the molecule is COc1ccc(-c2cccc(S(=O)(=O)NC(Cc3ccc(C(=N)N)cc3)C(=O)N3CCC(CCN)CC3)c2)cc1. The Labute approximate surface area is 236 Å². The Balaban J connectivity index is 1.58. The smallest absolute Gasteiger partial charge is 0.241 e. The summed E-state index contributed by atoms with van der Waals surface area (Å²) >= 11 is 0. The summed E-state index contributed by atoms with van der Waals surface area (Å²) in [5.41, 5.74) is 14.2. The van der Waals surface area contributed by atoms with Crippen LogP contribution in [0.25, 0.3) is 11.1 Å². The molecular formula is C30H37N5O4S. The first-order valence-electron chi connectivity index (χ1n) is 13.4. The Hall–Kier alpha value is -3.73. The van der Waals surface area contributed by atoms with E-state index >= 15 is 0 Å². The van der Waals surface area contributed by atoms with Gasteiger partial charge in [-0.3, -0.25) is 10.2 Å². The summed E-state index contributed by atoms with van der Waals surface area (Å²) in [6.07, 6.45) is 2.78. The molecule has 0 bridgehead atoms. The fourth-order valence-electron chi connectivity index (χ4n) is 5.02. The molecule has 6 N–H and O–H groups in total. The molecular weight excluding hydrogens is 526 g/mol. The molecule has 1 saturated heterocycles. The minimum absolute atomic E-state index is 0.0584. The van der Waals surface area contributed by atoms with Gasteiger partial charge in [0.05, 0.1) is 12.0 Å². The second-order valence-corrected chi connectivity index (χ2v) is 11.8. The van der Waals surface area contributed by atoms with Gasteiger partial charge in [-0.25, -0.2) is 8.42 Å². The predicted octanol–water partition coefficient (Wildman–Crippen LogP) is 3.12. The zero-order valence-electron chi connectivity index (χ0n) is 22.7. The zero-order valence-corrected chi connectivity index (χ0v) is 23.5. The van der Waals surface area contributed by atoms with Gasteiger partial charge in [-0.15, -0.1) is 0 Å². The molecule has 40 heavy (non-hydrogen) atoms. The molecule has 1 fully saturated rings. The number of nitrogens with zero attached hydrogens (tertiary/aromatic N) is 1. The molecule has 1 heterocycles. The second kappa shape index (κ2) is 13.1. The van der Waals surface area contributed by atoms with Gasteiger partial charge in [-0.2, -0.15) is 4.72 Å². The van der Waals surface area contributed by atoms with E-state index in [0.29, 0.717) is 36.9 Å². The van der Waals surface area contributed by atoms with E-state index in [0.717, 1.165) is 36.0 Å². The van der Waals surface area contributed by atoms with Gasteiger partial charge in [0.25, 0.3) is 0 Å². The maximum absolute atomic E-state index is 13.7. The Morgan fingerprint density at radius 2 is 1.73 bits per heavy atom. The van der Waals surface area contributed by atoms with Gasteiger partial charge in [0, 0.05) is 18.7 Å². The molecule has 0 aromatic heterocycles. The molecule has 0 aliphatic carbocycles. The van der Waals surface area contributed by atoms with Gasteiger partial charge < -0.3 is 21.1 Å². The number of sulfonamides is 1. The van der Waals surface area contributed by atoms with Gasteiger partial charge >= 0.3 is 0 Å². The molecule has 1 amide bonds. The third-order valence-electron chi connectivity index (χ3n) is 7.37. The lowest BCUT2D eigenvalue weighted by molar-refractivity contribution is -0.134. The number of piperidine rings is 1. The van der Waals surface area contributed by atoms with Crippen LogP contribution in [0.15, 0.2) is 77.7 Å². The van der Waals surface area contributed by atoms with Crippen LogP contribution in [0, 0.1) is 11.3 Å². The van der Waals surface area contributed by atoms with Crippen LogP contribution in [0.4, 0.5) is 0 Å². The number of likely N-dealkylation sites (tertiary alicyclic amines) is 1. The van der Waals surface area contributed by atoms with Crippen LogP contribution >= 0.6 is 0 Å². The van der Waals surface area contributed by atoms with E-state index < -0.39 is 16.1 Å². The third-order valence-corrected chi connectivity index (χ3v) is 8.84. The zero-order chi connectivity index (χ0) is 28.7. The van der Waals surface area contributed by atoms with Crippen molar-refractivity contribution < 1.29 is 17.9 Å². The van der Waals surface area contributed by atoms with E-state index in [9.17, 15) is 13.2 Å². The topological polar surface area (TPSA) is 152 Å². The number of carbonyl (C=O) groups excluding carboxylic acids is 1. The van der Waals surface area contributed by atoms with Crippen LogP contribution in [0.3, 0.4) is 0 Å². The van der Waals surface area contributed by atoms with Crippen LogP contribution in [-0.2, 0) is 21.2 Å². The Morgan fingerprint density at radius 3 is 2.33 bits per heavy atom. The number of ether oxygens (including phenoxy) is 1. The minimum Gasteiger partial charge on any atom is -0.497 e. The van der Waals surface area contributed by atoms with E-state index in [4.69, 9.17) is 21.6 Å². The van der Waals surface area contributed by atoms with E-state index in [-0.39, 0.29) is 23.1 Å². The summed E-state index contributed by atoms with van der Waals surface area (Å²) < 4.78 is 35.2. The van der Waals surface area contributed by atoms with Crippen LogP contribution in [0.1, 0.15) is 30.4 Å². The highest BCUT2D eigenvalue weighted by molar-refractivity contribution is 7.89. The quantitative estimate of drug-likeness (QED) is 0.208. The molecule has 1 unspecified atom stereocenters. The number of nitrogen functional groups attached to an aromatic ring is 1. The van der Waals surface area contributed by atoms with Crippen molar-refractivity contribution in [3.05, 3.63) is 83.9 Å². The van der Waals surface area contributed by atoms with Crippen molar-refractivity contribution in [1.82, 2.24) is 9.62 Å². The van der Waals surface area contributed by atoms with Gasteiger partial charge in [0.1, 0.15) is 17.6 Å². The Morgan fingerprint density at radius 1 is 1.05 bits per heavy atom. The molecule has 0 radical (unpaired) electrons. The van der Waals surface area contributed by atoms with Gasteiger partial charge in [-0.05, 0) is 79.1 Å². The molecule has 1 aliphatic rings. The fourth-order valence-corrected chi connectivity index (χ4v) is 6.25. The molecule has 212 valence electrons. The van der Waals surface area contributed by atoms with Crippen molar-refractivity contribution in [1.29, 1.82) is 5.41 Å². The molecule has 0 saturated carbocycles. The van der Waals surface area contributed by atoms with E-state index in [1.165, 1.54) is 6.07 Å². The van der Waals surface area contributed by atoms with E-state index in [1.54, 1.807) is 48.4 Å². The number of hydrogen-bond donors (Lipinski definition) is 4. The van der Waals surface area contributed by atoms with Gasteiger partial charge in [0.2, 0.25) is 15.9 Å². The van der Waals surface area contributed by atoms with Crippen molar-refractivity contribution in [2.24, 2.45) is 17.4 Å². The number of hydrogen-bond acceptors (Lipinski definition) is 6. The van der Waals surface area contributed by atoms with Crippen LogP contribution in [0.5, 0.6) is 5.75 Å². The molecule has 1 atom stereocenters. The average Bonchev–Trinajstić information content (AvgIpc) is 2.97. The number of rotatable bonds is 11. The highest BCUT2D eigenvalue weighted by atomic mass is 32.2. The fraction of sp³-hybridized carbons (Fsp3) is 0.333. The van der Waals surface area contributed by atoms with Gasteiger partial charge in [-0.1, -0.05) is 48.5 Å². The highest BCUT2D eigenvalue weighted by Gasteiger charge is 2.32. The van der Waals surface area contributed by atoms with Crippen molar-refractivity contribution in [2.75, 3.05) is 26.7 Å². The number of amidine groups is 1. The number of methoxy groups -OCH3 is 1. The van der Waals surface area contributed by atoms with E-state index in [1.807, 2.05) is 30.3 Å². The lowest BCUT2D eigenvalue weighted by Gasteiger charge is -2.34. The van der Waals surface area contributed by atoms with E-state index in [2.05, 4.69) is 4.72 Å². The summed E-state index contributed by atoms with van der Waals surface area (Å²) in [6.45, 7) is 1.75. The number of nitrogens with one attached hydrogen (secondary N) is 2. The summed E-state index contributed by atoms with van der Waals surface area (Å²) in [5.74, 6) is 0.872. The van der Waals surface area contributed by atoms with Crippen molar-refractivity contribution in [3.8, 4) is 16.9 Å². The first kappa shape index (κ1) is 29.3.